The second-order valence-electron chi connectivity index (χ2n) is 5.50. The maximum Gasteiger partial charge on any atom is -0.0152 e. The van der Waals surface area contributed by atoms with Crippen molar-refractivity contribution in [2.45, 2.75) is 39.0 Å². The Hall–Kier alpha value is -1.30. The Morgan fingerprint density at radius 2 is 1.82 bits per heavy atom. The molecule has 0 radical (unpaired) electrons. The number of hydrogen-bond donors (Lipinski definition) is 0. The summed E-state index contributed by atoms with van der Waals surface area (Å²) in [6.07, 6.45) is 7.02. The molecule has 1 aliphatic carbocycles. The van der Waals surface area contributed by atoms with E-state index in [1.807, 2.05) is 0 Å². The molecule has 0 atom stereocenters. The fourth-order valence-corrected chi connectivity index (χ4v) is 3.25. The van der Waals surface area contributed by atoms with Crippen molar-refractivity contribution >= 4 is 10.8 Å². The van der Waals surface area contributed by atoms with E-state index in [0.717, 1.165) is 5.92 Å². The minimum absolute atomic E-state index is 0.931. The second kappa shape index (κ2) is 4.52. The molecule has 0 spiro atoms. The van der Waals surface area contributed by atoms with Gasteiger partial charge in [-0.05, 0) is 35.6 Å². The van der Waals surface area contributed by atoms with Gasteiger partial charge in [-0.25, -0.2) is 0 Å². The molecule has 3 rings (SSSR count). The lowest BCUT2D eigenvalue weighted by molar-refractivity contribution is 0.548. The third-order valence-corrected chi connectivity index (χ3v) is 4.08. The Balaban J connectivity index is 2.01. The molecular weight excluding hydrogens is 204 g/mol. The largest absolute Gasteiger partial charge is 0.0616 e. The van der Waals surface area contributed by atoms with Crippen LogP contribution in [0.25, 0.3) is 10.8 Å². The zero-order valence-corrected chi connectivity index (χ0v) is 10.6. The molecule has 88 valence electrons. The first-order valence-electron chi connectivity index (χ1n) is 6.81. The first kappa shape index (κ1) is 10.8. The first-order valence-corrected chi connectivity index (χ1v) is 6.81. The summed E-state index contributed by atoms with van der Waals surface area (Å²) in [5.41, 5.74) is 2.96. The van der Waals surface area contributed by atoms with E-state index in [-0.39, 0.29) is 0 Å². The fraction of sp³-hybridized carbons (Fsp3) is 0.412. The van der Waals surface area contributed by atoms with Gasteiger partial charge in [0.05, 0.1) is 0 Å². The summed E-state index contributed by atoms with van der Waals surface area (Å²) in [7, 11) is 0. The summed E-state index contributed by atoms with van der Waals surface area (Å²) in [4.78, 5) is 0. The van der Waals surface area contributed by atoms with E-state index in [1.165, 1.54) is 48.4 Å². The van der Waals surface area contributed by atoms with E-state index in [0.29, 0.717) is 0 Å². The van der Waals surface area contributed by atoms with E-state index in [4.69, 9.17) is 0 Å². The highest BCUT2D eigenvalue weighted by Crippen LogP contribution is 2.31. The molecule has 0 nitrogen and oxygen atoms in total. The van der Waals surface area contributed by atoms with Crippen LogP contribution in [0.3, 0.4) is 0 Å². The van der Waals surface area contributed by atoms with E-state index >= 15 is 0 Å². The molecule has 2 aromatic carbocycles. The van der Waals surface area contributed by atoms with Gasteiger partial charge in [-0.3, -0.25) is 0 Å². The van der Waals surface area contributed by atoms with Crippen molar-refractivity contribution in [1.29, 1.82) is 0 Å². The van der Waals surface area contributed by atoms with Crippen molar-refractivity contribution in [2.24, 2.45) is 5.92 Å². The summed E-state index contributed by atoms with van der Waals surface area (Å²) >= 11 is 0. The van der Waals surface area contributed by atoms with Crippen molar-refractivity contribution in [3.05, 3.63) is 47.5 Å². The van der Waals surface area contributed by atoms with Gasteiger partial charge in [0.2, 0.25) is 0 Å². The molecule has 0 heteroatoms. The zero-order valence-electron chi connectivity index (χ0n) is 10.6. The van der Waals surface area contributed by atoms with Crippen molar-refractivity contribution in [2.75, 3.05) is 0 Å². The Kier molecular flexibility index (Phi) is 2.88. The minimum atomic E-state index is 0.931. The Bertz CT molecular complexity index is 519. The van der Waals surface area contributed by atoms with Crippen LogP contribution in [0.5, 0.6) is 0 Å². The Labute approximate surface area is 104 Å². The molecule has 1 saturated carbocycles. The third kappa shape index (κ3) is 2.22. The first-order chi connectivity index (χ1) is 8.33. The smallest absolute Gasteiger partial charge is 0.0152 e. The highest BCUT2D eigenvalue weighted by Gasteiger charge is 2.16. The van der Waals surface area contributed by atoms with E-state index in [9.17, 15) is 0 Å². The van der Waals surface area contributed by atoms with Crippen LogP contribution in [-0.2, 0) is 6.42 Å². The lowest BCUT2D eigenvalue weighted by Gasteiger charge is -2.12. The lowest BCUT2D eigenvalue weighted by Crippen LogP contribution is -1.99. The number of fused-ring (bicyclic) bond motifs is 1. The summed E-state index contributed by atoms with van der Waals surface area (Å²) in [5, 5.41) is 2.87. The maximum absolute atomic E-state index is 2.39. The predicted molar refractivity (Wildman–Crippen MR) is 74.3 cm³/mol. The van der Waals surface area contributed by atoms with Crippen LogP contribution in [0.15, 0.2) is 36.4 Å². The molecule has 0 aliphatic heterocycles. The predicted octanol–water partition coefficient (Wildman–Crippen LogP) is 4.88. The van der Waals surface area contributed by atoms with Crippen LogP contribution in [0.2, 0.25) is 0 Å². The number of aryl methyl sites for hydroxylation is 1. The SMILES string of the molecule is Cc1cc(CC2CCCC2)c2ccccc2c1. The molecule has 0 saturated heterocycles. The van der Waals surface area contributed by atoms with Crippen LogP contribution in [0, 0.1) is 12.8 Å². The standard InChI is InChI=1S/C17H20/c1-13-10-15-8-4-5-9-17(15)16(11-13)12-14-6-2-3-7-14/h4-5,8-11,14H,2-3,6-7,12H2,1H3. The molecule has 0 amide bonds. The molecule has 17 heavy (non-hydrogen) atoms. The highest BCUT2D eigenvalue weighted by atomic mass is 14.2. The zero-order chi connectivity index (χ0) is 11.7. The molecule has 1 fully saturated rings. The van der Waals surface area contributed by atoms with Gasteiger partial charge in [0, 0.05) is 0 Å². The molecule has 0 unspecified atom stereocenters. The average Bonchev–Trinajstić information content (AvgIpc) is 2.81. The van der Waals surface area contributed by atoms with Crippen molar-refractivity contribution in [3.63, 3.8) is 0 Å². The molecule has 2 aromatic rings. The lowest BCUT2D eigenvalue weighted by atomic mass is 9.92. The van der Waals surface area contributed by atoms with E-state index in [2.05, 4.69) is 43.3 Å². The van der Waals surface area contributed by atoms with Gasteiger partial charge in [0.25, 0.3) is 0 Å². The molecule has 0 heterocycles. The average molecular weight is 224 g/mol. The van der Waals surface area contributed by atoms with Crippen LogP contribution in [-0.4, -0.2) is 0 Å². The van der Waals surface area contributed by atoms with E-state index < -0.39 is 0 Å². The molecule has 0 bridgehead atoms. The Morgan fingerprint density at radius 3 is 2.65 bits per heavy atom. The monoisotopic (exact) mass is 224 g/mol. The molecular formula is C17H20. The molecule has 1 aliphatic rings. The van der Waals surface area contributed by atoms with Crippen LogP contribution >= 0.6 is 0 Å². The normalized spacial score (nSPS) is 16.8. The number of rotatable bonds is 2. The summed E-state index contributed by atoms with van der Waals surface area (Å²) in [5.74, 6) is 0.931. The third-order valence-electron chi connectivity index (χ3n) is 4.08. The van der Waals surface area contributed by atoms with Crippen molar-refractivity contribution in [1.82, 2.24) is 0 Å². The molecule has 0 aromatic heterocycles. The van der Waals surface area contributed by atoms with Gasteiger partial charge < -0.3 is 0 Å². The maximum atomic E-state index is 2.39. The minimum Gasteiger partial charge on any atom is -0.0616 e. The van der Waals surface area contributed by atoms with Gasteiger partial charge >= 0.3 is 0 Å². The van der Waals surface area contributed by atoms with Gasteiger partial charge in [-0.2, -0.15) is 0 Å². The second-order valence-corrected chi connectivity index (χ2v) is 5.50. The van der Waals surface area contributed by atoms with Crippen LogP contribution < -0.4 is 0 Å². The highest BCUT2D eigenvalue weighted by molar-refractivity contribution is 5.86. The van der Waals surface area contributed by atoms with Crippen molar-refractivity contribution < 1.29 is 0 Å². The summed E-state index contributed by atoms with van der Waals surface area (Å²) in [6, 6.07) is 13.5. The Morgan fingerprint density at radius 1 is 1.06 bits per heavy atom. The number of benzene rings is 2. The van der Waals surface area contributed by atoms with Crippen LogP contribution in [0.4, 0.5) is 0 Å². The van der Waals surface area contributed by atoms with Gasteiger partial charge in [0.1, 0.15) is 0 Å². The molecule has 0 N–H and O–H groups in total. The topological polar surface area (TPSA) is 0 Å². The van der Waals surface area contributed by atoms with Gasteiger partial charge in [0.15, 0.2) is 0 Å². The summed E-state index contributed by atoms with van der Waals surface area (Å²) < 4.78 is 0. The number of hydrogen-bond acceptors (Lipinski definition) is 0. The quantitative estimate of drug-likeness (QED) is 0.682. The van der Waals surface area contributed by atoms with Crippen LogP contribution in [0.1, 0.15) is 36.8 Å². The van der Waals surface area contributed by atoms with Gasteiger partial charge in [-0.15, -0.1) is 0 Å². The fourth-order valence-electron chi connectivity index (χ4n) is 3.25. The summed E-state index contributed by atoms with van der Waals surface area (Å²) in [6.45, 7) is 2.21. The van der Waals surface area contributed by atoms with Crippen molar-refractivity contribution in [3.8, 4) is 0 Å². The van der Waals surface area contributed by atoms with Gasteiger partial charge in [-0.1, -0.05) is 67.6 Å². The van der Waals surface area contributed by atoms with E-state index in [1.54, 1.807) is 5.56 Å².